The van der Waals surface area contributed by atoms with Crippen molar-refractivity contribution in [1.29, 1.82) is 5.26 Å². The molecule has 1 saturated heterocycles. The summed E-state index contributed by atoms with van der Waals surface area (Å²) >= 11 is 0. The summed E-state index contributed by atoms with van der Waals surface area (Å²) in [6.45, 7) is 3.15. The van der Waals surface area contributed by atoms with Gasteiger partial charge in [-0.1, -0.05) is 0 Å². The Balaban J connectivity index is 2.22. The lowest BCUT2D eigenvalue weighted by atomic mass is 9.96. The molecule has 21 heavy (non-hydrogen) atoms. The fourth-order valence-electron chi connectivity index (χ4n) is 2.64. The average Bonchev–Trinajstić information content (AvgIpc) is 2.47. The van der Waals surface area contributed by atoms with Crippen LogP contribution in [0, 0.1) is 28.9 Å². The summed E-state index contributed by atoms with van der Waals surface area (Å²) in [6.07, 6.45) is 1.41. The molecule has 1 amide bonds. The van der Waals surface area contributed by atoms with Crippen LogP contribution >= 0.6 is 0 Å². The van der Waals surface area contributed by atoms with Crippen molar-refractivity contribution in [3.63, 3.8) is 0 Å². The number of carbonyl (C=O) groups excluding carboxylic acids is 1. The lowest BCUT2D eigenvalue weighted by Gasteiger charge is -2.34. The molecule has 112 valence electrons. The topological polar surface area (TPSA) is 56.1 Å². The van der Waals surface area contributed by atoms with Crippen LogP contribution in [-0.2, 0) is 4.79 Å². The maximum absolute atomic E-state index is 14.0. The van der Waals surface area contributed by atoms with Crippen molar-refractivity contribution in [3.05, 3.63) is 29.3 Å². The van der Waals surface area contributed by atoms with Crippen molar-refractivity contribution < 1.29 is 13.6 Å². The lowest BCUT2D eigenvalue weighted by molar-refractivity contribution is -0.125. The molecule has 0 aliphatic carbocycles. The quantitative estimate of drug-likeness (QED) is 0.929. The third-order valence-electron chi connectivity index (χ3n) is 3.61. The first-order chi connectivity index (χ1) is 10.1. The minimum atomic E-state index is -0.761. The number of piperidine rings is 1. The standard InChI is InChI=1S/C15H17F2N3O/c1-2-19-15(21)11-4-3-5-20(9-11)14-12(16)6-10(8-18)7-13(14)17/h6-7,11H,2-5,9H2,1H3,(H,19,21). The molecule has 4 nitrogen and oxygen atoms in total. The first-order valence-electron chi connectivity index (χ1n) is 6.98. The summed E-state index contributed by atoms with van der Waals surface area (Å²) in [4.78, 5) is 13.4. The molecular formula is C15H17F2N3O. The summed E-state index contributed by atoms with van der Waals surface area (Å²) in [5, 5.41) is 11.5. The van der Waals surface area contributed by atoms with Gasteiger partial charge < -0.3 is 10.2 Å². The van der Waals surface area contributed by atoms with Gasteiger partial charge in [-0.05, 0) is 31.9 Å². The number of hydrogen-bond donors (Lipinski definition) is 1. The van der Waals surface area contributed by atoms with Crippen LogP contribution < -0.4 is 10.2 Å². The highest BCUT2D eigenvalue weighted by Crippen LogP contribution is 2.29. The number of hydrogen-bond acceptors (Lipinski definition) is 3. The Kier molecular flexibility index (Phi) is 4.73. The number of anilines is 1. The number of nitriles is 1. The Morgan fingerprint density at radius 1 is 1.48 bits per heavy atom. The van der Waals surface area contributed by atoms with Crippen molar-refractivity contribution in [2.24, 2.45) is 5.92 Å². The van der Waals surface area contributed by atoms with E-state index in [0.29, 0.717) is 25.9 Å². The largest absolute Gasteiger partial charge is 0.366 e. The monoisotopic (exact) mass is 293 g/mol. The Labute approximate surface area is 122 Å². The van der Waals surface area contributed by atoms with Gasteiger partial charge in [0.1, 0.15) is 5.69 Å². The molecule has 0 aromatic heterocycles. The minimum Gasteiger partial charge on any atom is -0.366 e. The maximum Gasteiger partial charge on any atom is 0.224 e. The molecule has 1 N–H and O–H groups in total. The zero-order chi connectivity index (χ0) is 15.4. The molecule has 0 spiro atoms. The van der Waals surface area contributed by atoms with E-state index in [4.69, 9.17) is 5.26 Å². The fraction of sp³-hybridized carbons (Fsp3) is 0.467. The Morgan fingerprint density at radius 2 is 2.14 bits per heavy atom. The highest BCUT2D eigenvalue weighted by molar-refractivity contribution is 5.79. The Bertz CT molecular complexity index is 560. The van der Waals surface area contributed by atoms with Crippen LogP contribution in [0.1, 0.15) is 25.3 Å². The van der Waals surface area contributed by atoms with E-state index in [-0.39, 0.29) is 29.6 Å². The lowest BCUT2D eigenvalue weighted by Crippen LogP contribution is -2.43. The second-order valence-corrected chi connectivity index (χ2v) is 5.08. The molecule has 0 saturated carbocycles. The molecule has 0 bridgehead atoms. The third kappa shape index (κ3) is 3.30. The van der Waals surface area contributed by atoms with Gasteiger partial charge in [0.2, 0.25) is 5.91 Å². The van der Waals surface area contributed by atoms with E-state index in [1.807, 2.05) is 6.92 Å². The van der Waals surface area contributed by atoms with Gasteiger partial charge in [-0.2, -0.15) is 5.26 Å². The molecule has 1 unspecified atom stereocenters. The van der Waals surface area contributed by atoms with Crippen LogP contribution in [0.3, 0.4) is 0 Å². The summed E-state index contributed by atoms with van der Waals surface area (Å²) in [5.74, 6) is -1.88. The number of rotatable bonds is 3. The van der Waals surface area contributed by atoms with Crippen molar-refractivity contribution in [1.82, 2.24) is 5.32 Å². The molecule has 1 aromatic rings. The van der Waals surface area contributed by atoms with Crippen molar-refractivity contribution in [2.45, 2.75) is 19.8 Å². The SMILES string of the molecule is CCNC(=O)C1CCCN(c2c(F)cc(C#N)cc2F)C1. The van der Waals surface area contributed by atoms with Crippen molar-refractivity contribution >= 4 is 11.6 Å². The maximum atomic E-state index is 14.0. The van der Waals surface area contributed by atoms with E-state index in [1.54, 1.807) is 11.0 Å². The van der Waals surface area contributed by atoms with E-state index in [9.17, 15) is 13.6 Å². The number of halogens is 2. The number of nitrogens with zero attached hydrogens (tertiary/aromatic N) is 2. The Morgan fingerprint density at radius 3 is 2.71 bits per heavy atom. The second kappa shape index (κ2) is 6.53. The van der Waals surface area contributed by atoms with Gasteiger partial charge in [0.05, 0.1) is 17.6 Å². The van der Waals surface area contributed by atoms with E-state index >= 15 is 0 Å². The summed E-state index contributed by atoms with van der Waals surface area (Å²) in [6, 6.07) is 3.76. The zero-order valence-corrected chi connectivity index (χ0v) is 11.8. The molecule has 1 fully saturated rings. The molecule has 1 atom stereocenters. The second-order valence-electron chi connectivity index (χ2n) is 5.08. The summed E-state index contributed by atoms with van der Waals surface area (Å²) < 4.78 is 28.1. The molecule has 1 heterocycles. The van der Waals surface area contributed by atoms with Gasteiger partial charge in [0, 0.05) is 19.6 Å². The van der Waals surface area contributed by atoms with Gasteiger partial charge >= 0.3 is 0 Å². The predicted molar refractivity (Wildman–Crippen MR) is 74.7 cm³/mol. The van der Waals surface area contributed by atoms with Crippen LogP contribution in [0.2, 0.25) is 0 Å². The van der Waals surface area contributed by atoms with Crippen LogP contribution in [-0.4, -0.2) is 25.5 Å². The van der Waals surface area contributed by atoms with Crippen molar-refractivity contribution in [2.75, 3.05) is 24.5 Å². The molecular weight excluding hydrogens is 276 g/mol. The van der Waals surface area contributed by atoms with Gasteiger partial charge in [-0.25, -0.2) is 8.78 Å². The first-order valence-corrected chi connectivity index (χ1v) is 6.98. The average molecular weight is 293 g/mol. The highest BCUT2D eigenvalue weighted by Gasteiger charge is 2.28. The van der Waals surface area contributed by atoms with Gasteiger partial charge in [-0.15, -0.1) is 0 Å². The molecule has 6 heteroatoms. The van der Waals surface area contributed by atoms with Crippen LogP contribution in [0.4, 0.5) is 14.5 Å². The predicted octanol–water partition coefficient (Wildman–Crippen LogP) is 2.19. The molecule has 1 aliphatic rings. The number of nitrogens with one attached hydrogen (secondary N) is 1. The van der Waals surface area contributed by atoms with Gasteiger partial charge in [0.15, 0.2) is 11.6 Å². The van der Waals surface area contributed by atoms with Crippen molar-refractivity contribution in [3.8, 4) is 6.07 Å². The first kappa shape index (κ1) is 15.2. The molecule has 0 radical (unpaired) electrons. The van der Waals surface area contributed by atoms with E-state index < -0.39 is 11.6 Å². The third-order valence-corrected chi connectivity index (χ3v) is 3.61. The Hall–Kier alpha value is -2.16. The van der Waals surface area contributed by atoms with E-state index in [1.165, 1.54) is 0 Å². The van der Waals surface area contributed by atoms with Crippen LogP contribution in [0.15, 0.2) is 12.1 Å². The van der Waals surface area contributed by atoms with Crippen LogP contribution in [0.25, 0.3) is 0 Å². The fourth-order valence-corrected chi connectivity index (χ4v) is 2.64. The highest BCUT2D eigenvalue weighted by atomic mass is 19.1. The molecule has 2 rings (SSSR count). The molecule has 1 aliphatic heterocycles. The normalized spacial score (nSPS) is 18.2. The number of benzene rings is 1. The van der Waals surface area contributed by atoms with Gasteiger partial charge in [-0.3, -0.25) is 4.79 Å². The zero-order valence-electron chi connectivity index (χ0n) is 11.8. The minimum absolute atomic E-state index is 0.0500. The number of amides is 1. The summed E-state index contributed by atoms with van der Waals surface area (Å²) in [5.41, 5.74) is -0.200. The van der Waals surface area contributed by atoms with E-state index in [0.717, 1.165) is 12.1 Å². The molecule has 1 aromatic carbocycles. The van der Waals surface area contributed by atoms with Crippen LogP contribution in [0.5, 0.6) is 0 Å². The number of carbonyl (C=O) groups is 1. The smallest absolute Gasteiger partial charge is 0.224 e. The summed E-state index contributed by atoms with van der Waals surface area (Å²) in [7, 11) is 0. The van der Waals surface area contributed by atoms with Gasteiger partial charge in [0.25, 0.3) is 0 Å². The van der Waals surface area contributed by atoms with E-state index in [2.05, 4.69) is 5.32 Å².